The van der Waals surface area contributed by atoms with Gasteiger partial charge in [0.2, 0.25) is 0 Å². The van der Waals surface area contributed by atoms with Crippen molar-refractivity contribution in [2.45, 2.75) is 25.0 Å². The van der Waals surface area contributed by atoms with Crippen molar-refractivity contribution in [3.63, 3.8) is 0 Å². The second-order valence-electron chi connectivity index (χ2n) is 5.36. The van der Waals surface area contributed by atoms with Crippen LogP contribution >= 0.6 is 0 Å². The zero-order valence-electron chi connectivity index (χ0n) is 12.0. The lowest BCUT2D eigenvalue weighted by Crippen LogP contribution is -2.29. The third kappa shape index (κ3) is 4.69. The summed E-state index contributed by atoms with van der Waals surface area (Å²) in [7, 11) is -4.04. The number of hydrogen-bond acceptors (Lipinski definition) is 2. The van der Waals surface area contributed by atoms with Crippen LogP contribution in [0.3, 0.4) is 0 Å². The molecule has 0 aliphatic heterocycles. The van der Waals surface area contributed by atoms with Crippen molar-refractivity contribution in [2.75, 3.05) is 0 Å². The largest absolute Gasteiger partial charge is 0.285 e. The van der Waals surface area contributed by atoms with Crippen LogP contribution in [0.1, 0.15) is 18.1 Å². The Kier molecular flexibility index (Phi) is 5.15. The molecule has 2 aromatic rings. The molecule has 2 rings (SSSR count). The molecule has 0 heterocycles. The lowest BCUT2D eigenvalue weighted by molar-refractivity contribution is 0.424. The van der Waals surface area contributed by atoms with E-state index in [1.54, 1.807) is 6.92 Å². The van der Waals surface area contributed by atoms with Crippen LogP contribution in [0.25, 0.3) is 0 Å². The van der Waals surface area contributed by atoms with E-state index in [4.69, 9.17) is 0 Å². The molecule has 4 heteroatoms. The molecule has 0 aromatic heterocycles. The first-order valence-electron chi connectivity index (χ1n) is 7.01. The summed E-state index contributed by atoms with van der Waals surface area (Å²) < 4.78 is 32.4. The minimum Gasteiger partial charge on any atom is -0.285 e. The van der Waals surface area contributed by atoms with E-state index in [-0.39, 0.29) is 5.92 Å². The predicted molar refractivity (Wildman–Crippen MR) is 84.8 cm³/mol. The van der Waals surface area contributed by atoms with Crippen LogP contribution in [0.2, 0.25) is 0 Å². The van der Waals surface area contributed by atoms with Crippen molar-refractivity contribution in [1.29, 1.82) is 0 Å². The fourth-order valence-corrected chi connectivity index (χ4v) is 3.16. The lowest BCUT2D eigenvalue weighted by Gasteiger charge is -2.22. The molecule has 112 valence electrons. The van der Waals surface area contributed by atoms with Gasteiger partial charge in [-0.25, -0.2) is 0 Å². The molecule has 0 aliphatic carbocycles. The van der Waals surface area contributed by atoms with Crippen molar-refractivity contribution in [2.24, 2.45) is 5.92 Å². The topological polar surface area (TPSA) is 54.4 Å². The van der Waals surface area contributed by atoms with Gasteiger partial charge in [-0.3, -0.25) is 4.55 Å². The average Bonchev–Trinajstić information content (AvgIpc) is 2.47. The normalized spacial score (nSPS) is 13.3. The van der Waals surface area contributed by atoms with Crippen LogP contribution in [0.5, 0.6) is 0 Å². The molecular formula is C17H20O3S. The lowest BCUT2D eigenvalue weighted by atomic mass is 9.90. The fourth-order valence-electron chi connectivity index (χ4n) is 2.48. The molecule has 0 aliphatic rings. The Bertz CT molecular complexity index is 609. The van der Waals surface area contributed by atoms with Gasteiger partial charge >= 0.3 is 0 Å². The quantitative estimate of drug-likeness (QED) is 0.833. The molecule has 3 nitrogen and oxygen atoms in total. The van der Waals surface area contributed by atoms with Crippen molar-refractivity contribution >= 4 is 10.1 Å². The second kappa shape index (κ2) is 6.87. The summed E-state index contributed by atoms with van der Waals surface area (Å²) in [5, 5.41) is -0.794. The van der Waals surface area contributed by atoms with E-state index in [1.807, 2.05) is 60.7 Å². The van der Waals surface area contributed by atoms with Crippen LogP contribution in [0.4, 0.5) is 0 Å². The van der Waals surface area contributed by atoms with Crippen LogP contribution < -0.4 is 0 Å². The summed E-state index contributed by atoms with van der Waals surface area (Å²) in [5.74, 6) is -0.162. The Morgan fingerprint density at radius 2 is 1.24 bits per heavy atom. The van der Waals surface area contributed by atoms with Gasteiger partial charge in [-0.1, -0.05) is 60.7 Å². The first-order valence-corrected chi connectivity index (χ1v) is 8.51. The minimum absolute atomic E-state index is 0.162. The summed E-state index contributed by atoms with van der Waals surface area (Å²) in [4.78, 5) is 0. The third-order valence-electron chi connectivity index (χ3n) is 3.82. The van der Waals surface area contributed by atoms with Gasteiger partial charge in [-0.05, 0) is 36.8 Å². The highest BCUT2D eigenvalue weighted by Gasteiger charge is 2.28. The molecule has 0 radical (unpaired) electrons. The summed E-state index contributed by atoms with van der Waals surface area (Å²) in [5.41, 5.74) is 2.16. The molecule has 2 aromatic carbocycles. The van der Waals surface area contributed by atoms with Crippen molar-refractivity contribution in [1.82, 2.24) is 0 Å². The van der Waals surface area contributed by atoms with E-state index in [0.29, 0.717) is 12.8 Å². The molecule has 0 amide bonds. The highest BCUT2D eigenvalue weighted by molar-refractivity contribution is 7.86. The Morgan fingerprint density at radius 3 is 1.57 bits per heavy atom. The third-order valence-corrected chi connectivity index (χ3v) is 5.14. The van der Waals surface area contributed by atoms with Crippen LogP contribution in [0, 0.1) is 5.92 Å². The first-order chi connectivity index (χ1) is 9.97. The van der Waals surface area contributed by atoms with Gasteiger partial charge in [-0.2, -0.15) is 8.42 Å². The van der Waals surface area contributed by atoms with E-state index in [2.05, 4.69) is 0 Å². The molecule has 1 atom stereocenters. The highest BCUT2D eigenvalue weighted by atomic mass is 32.2. The molecule has 0 saturated carbocycles. The highest BCUT2D eigenvalue weighted by Crippen LogP contribution is 2.22. The molecule has 0 fully saturated rings. The van der Waals surface area contributed by atoms with E-state index < -0.39 is 15.4 Å². The van der Waals surface area contributed by atoms with Crippen molar-refractivity contribution in [3.05, 3.63) is 71.8 Å². The fraction of sp³-hybridized carbons (Fsp3) is 0.294. The average molecular weight is 304 g/mol. The van der Waals surface area contributed by atoms with Gasteiger partial charge in [0.15, 0.2) is 0 Å². The summed E-state index contributed by atoms with van der Waals surface area (Å²) in [6.45, 7) is 1.58. The van der Waals surface area contributed by atoms with Gasteiger partial charge in [0, 0.05) is 0 Å². The van der Waals surface area contributed by atoms with Crippen LogP contribution in [-0.4, -0.2) is 18.2 Å². The predicted octanol–water partition coefficient (Wildman–Crippen LogP) is 3.36. The van der Waals surface area contributed by atoms with Crippen LogP contribution in [-0.2, 0) is 23.0 Å². The van der Waals surface area contributed by atoms with Crippen molar-refractivity contribution < 1.29 is 13.0 Å². The van der Waals surface area contributed by atoms with Gasteiger partial charge < -0.3 is 0 Å². The van der Waals surface area contributed by atoms with Gasteiger partial charge in [0.25, 0.3) is 10.1 Å². The molecule has 21 heavy (non-hydrogen) atoms. The molecule has 0 spiro atoms. The summed E-state index contributed by atoms with van der Waals surface area (Å²) in [6.07, 6.45) is 1.24. The van der Waals surface area contributed by atoms with E-state index >= 15 is 0 Å². The minimum atomic E-state index is -4.04. The maximum atomic E-state index is 11.5. The number of benzene rings is 2. The molecule has 1 N–H and O–H groups in total. The van der Waals surface area contributed by atoms with E-state index in [9.17, 15) is 13.0 Å². The summed E-state index contributed by atoms with van der Waals surface area (Å²) >= 11 is 0. The number of rotatable bonds is 6. The zero-order chi connectivity index (χ0) is 15.3. The van der Waals surface area contributed by atoms with E-state index in [0.717, 1.165) is 11.1 Å². The zero-order valence-corrected chi connectivity index (χ0v) is 12.8. The molecule has 1 unspecified atom stereocenters. The van der Waals surface area contributed by atoms with E-state index in [1.165, 1.54) is 0 Å². The van der Waals surface area contributed by atoms with Gasteiger partial charge in [0.05, 0.1) is 5.25 Å². The molecule has 0 saturated heterocycles. The second-order valence-corrected chi connectivity index (χ2v) is 7.13. The van der Waals surface area contributed by atoms with Crippen molar-refractivity contribution in [3.8, 4) is 0 Å². The summed E-state index contributed by atoms with van der Waals surface area (Å²) in [6, 6.07) is 19.5. The molecule has 0 bridgehead atoms. The Balaban J connectivity index is 2.22. The Morgan fingerprint density at radius 1 is 0.857 bits per heavy atom. The number of hydrogen-bond donors (Lipinski definition) is 1. The maximum Gasteiger partial charge on any atom is 0.267 e. The monoisotopic (exact) mass is 304 g/mol. The van der Waals surface area contributed by atoms with Gasteiger partial charge in [-0.15, -0.1) is 0 Å². The van der Waals surface area contributed by atoms with Crippen LogP contribution in [0.15, 0.2) is 60.7 Å². The Hall–Kier alpha value is -1.65. The maximum absolute atomic E-state index is 11.5. The standard InChI is InChI=1S/C17H20O3S/c1-14(21(18,19)20)17(12-15-8-4-2-5-9-15)13-16-10-6-3-7-11-16/h2-11,14,17H,12-13H2,1H3,(H,18,19,20). The Labute approximate surface area is 126 Å². The van der Waals surface area contributed by atoms with Gasteiger partial charge in [0.1, 0.15) is 0 Å². The first kappa shape index (κ1) is 15.7. The SMILES string of the molecule is CC(C(Cc1ccccc1)Cc1ccccc1)S(=O)(=O)O. The molecular weight excluding hydrogens is 284 g/mol. The smallest absolute Gasteiger partial charge is 0.267 e.